The van der Waals surface area contributed by atoms with E-state index in [-0.39, 0.29) is 21.6 Å². The van der Waals surface area contributed by atoms with E-state index in [4.69, 9.17) is 32.7 Å². The highest BCUT2D eigenvalue weighted by atomic mass is 35.5. The molecule has 190 valence electrons. The van der Waals surface area contributed by atoms with Crippen LogP contribution in [-0.4, -0.2) is 35.1 Å². The van der Waals surface area contributed by atoms with Crippen LogP contribution in [0, 0.1) is 0 Å². The quantitative estimate of drug-likeness (QED) is 0.297. The molecular formula is C27H22Cl2N2O5S. The smallest absolute Gasteiger partial charge is 0.294 e. The summed E-state index contributed by atoms with van der Waals surface area (Å²) in [5.74, 6) is -0.0804. The summed E-state index contributed by atoms with van der Waals surface area (Å²) in [6.07, 6.45) is 1.51. The summed E-state index contributed by atoms with van der Waals surface area (Å²) < 4.78 is 11.1. The Labute approximate surface area is 228 Å². The fourth-order valence-electron chi connectivity index (χ4n) is 3.46. The first-order valence-electron chi connectivity index (χ1n) is 11.3. The third-order valence-corrected chi connectivity index (χ3v) is 6.64. The molecule has 0 unspecified atom stereocenters. The zero-order chi connectivity index (χ0) is 26.4. The van der Waals surface area contributed by atoms with Crippen LogP contribution in [0.1, 0.15) is 18.1 Å². The van der Waals surface area contributed by atoms with E-state index in [1.807, 2.05) is 37.3 Å². The van der Waals surface area contributed by atoms with E-state index in [1.54, 1.807) is 36.4 Å². The zero-order valence-electron chi connectivity index (χ0n) is 19.7. The minimum atomic E-state index is -0.575. The van der Waals surface area contributed by atoms with Gasteiger partial charge in [-0.25, -0.2) is 0 Å². The summed E-state index contributed by atoms with van der Waals surface area (Å²) >= 11 is 13.5. The standard InChI is InChI=1S/C27H22Cl2N2O5S/c1-2-35-20-10-8-19(9-11-20)30-24(32)15-31-26(33)23(37-27(31)34)14-18-12-21(28)25(22(29)13-18)36-16-17-6-4-3-5-7-17/h3-14H,2,15-16H2,1H3,(H,30,32)/b23-14+. The monoisotopic (exact) mass is 556 g/mol. The number of hydrogen-bond acceptors (Lipinski definition) is 6. The predicted octanol–water partition coefficient (Wildman–Crippen LogP) is 6.65. The maximum absolute atomic E-state index is 12.8. The Kier molecular flexibility index (Phi) is 8.76. The van der Waals surface area contributed by atoms with Gasteiger partial charge in [0.2, 0.25) is 5.91 Å². The minimum Gasteiger partial charge on any atom is -0.494 e. The molecule has 3 amide bonds. The van der Waals surface area contributed by atoms with Gasteiger partial charge < -0.3 is 14.8 Å². The number of thioether (sulfide) groups is 1. The zero-order valence-corrected chi connectivity index (χ0v) is 22.0. The number of ether oxygens (including phenoxy) is 2. The molecule has 7 nitrogen and oxygen atoms in total. The SMILES string of the molecule is CCOc1ccc(NC(=O)CN2C(=O)S/C(=C/c3cc(Cl)c(OCc4ccccc4)c(Cl)c3)C2=O)cc1. The van der Waals surface area contributed by atoms with Crippen molar-refractivity contribution in [2.75, 3.05) is 18.5 Å². The molecule has 10 heteroatoms. The molecule has 0 radical (unpaired) electrons. The highest BCUT2D eigenvalue weighted by Crippen LogP contribution is 2.37. The fourth-order valence-corrected chi connectivity index (χ4v) is 4.91. The average molecular weight is 557 g/mol. The van der Waals surface area contributed by atoms with Crippen molar-refractivity contribution in [1.29, 1.82) is 0 Å². The van der Waals surface area contributed by atoms with Crippen LogP contribution >= 0.6 is 35.0 Å². The number of nitrogens with one attached hydrogen (secondary N) is 1. The number of anilines is 1. The van der Waals surface area contributed by atoms with Crippen LogP contribution in [0.25, 0.3) is 6.08 Å². The first kappa shape index (κ1) is 26.6. The summed E-state index contributed by atoms with van der Waals surface area (Å²) in [5, 5.41) is 2.66. The maximum atomic E-state index is 12.8. The third kappa shape index (κ3) is 6.85. The molecule has 3 aromatic carbocycles. The molecule has 1 saturated heterocycles. The summed E-state index contributed by atoms with van der Waals surface area (Å²) in [4.78, 5) is 38.8. The van der Waals surface area contributed by atoms with Crippen LogP contribution in [-0.2, 0) is 16.2 Å². The number of nitrogens with zero attached hydrogens (tertiary/aromatic N) is 1. The number of imide groups is 1. The molecule has 1 aliphatic heterocycles. The van der Waals surface area contributed by atoms with Crippen molar-refractivity contribution in [1.82, 2.24) is 4.90 Å². The van der Waals surface area contributed by atoms with Crippen molar-refractivity contribution in [3.05, 3.63) is 92.8 Å². The van der Waals surface area contributed by atoms with Crippen LogP contribution in [0.2, 0.25) is 10.0 Å². The Morgan fingerprint density at radius 3 is 2.32 bits per heavy atom. The van der Waals surface area contributed by atoms with Crippen molar-refractivity contribution in [2.24, 2.45) is 0 Å². The van der Waals surface area contributed by atoms with Crippen molar-refractivity contribution >= 4 is 63.8 Å². The van der Waals surface area contributed by atoms with Crippen LogP contribution in [0.5, 0.6) is 11.5 Å². The van der Waals surface area contributed by atoms with E-state index in [2.05, 4.69) is 5.32 Å². The lowest BCUT2D eigenvalue weighted by atomic mass is 10.2. The Bertz CT molecular complexity index is 1320. The molecule has 0 aliphatic carbocycles. The van der Waals surface area contributed by atoms with Crippen molar-refractivity contribution in [2.45, 2.75) is 13.5 Å². The lowest BCUT2D eigenvalue weighted by molar-refractivity contribution is -0.127. The van der Waals surface area contributed by atoms with Crippen LogP contribution in [0.15, 0.2) is 71.6 Å². The fraction of sp³-hybridized carbons (Fsp3) is 0.148. The third-order valence-electron chi connectivity index (χ3n) is 5.17. The summed E-state index contributed by atoms with van der Waals surface area (Å²) in [6, 6.07) is 19.6. The van der Waals surface area contributed by atoms with Gasteiger partial charge in [-0.15, -0.1) is 0 Å². The lowest BCUT2D eigenvalue weighted by Crippen LogP contribution is -2.36. The summed E-state index contributed by atoms with van der Waals surface area (Å²) in [5.41, 5.74) is 2.00. The molecule has 1 fully saturated rings. The topological polar surface area (TPSA) is 84.9 Å². The van der Waals surface area contributed by atoms with Crippen molar-refractivity contribution in [3.63, 3.8) is 0 Å². The van der Waals surface area contributed by atoms with Crippen LogP contribution < -0.4 is 14.8 Å². The van der Waals surface area contributed by atoms with Crippen molar-refractivity contribution < 1.29 is 23.9 Å². The molecule has 1 heterocycles. The molecule has 4 rings (SSSR count). The normalized spacial score (nSPS) is 14.2. The Balaban J connectivity index is 1.40. The van der Waals surface area contributed by atoms with E-state index in [0.29, 0.717) is 29.4 Å². The largest absolute Gasteiger partial charge is 0.494 e. The van der Waals surface area contributed by atoms with Crippen LogP contribution in [0.4, 0.5) is 10.5 Å². The maximum Gasteiger partial charge on any atom is 0.294 e. The molecular weight excluding hydrogens is 535 g/mol. The second kappa shape index (κ2) is 12.2. The molecule has 0 aromatic heterocycles. The minimum absolute atomic E-state index is 0.156. The van der Waals surface area contributed by atoms with Gasteiger partial charge in [0.05, 0.1) is 21.6 Å². The highest BCUT2D eigenvalue weighted by molar-refractivity contribution is 8.18. The van der Waals surface area contributed by atoms with Gasteiger partial charge in [-0.3, -0.25) is 19.3 Å². The molecule has 1 N–H and O–H groups in total. The summed E-state index contributed by atoms with van der Waals surface area (Å²) in [7, 11) is 0. The van der Waals surface area contributed by atoms with E-state index in [1.165, 1.54) is 6.08 Å². The van der Waals surface area contributed by atoms with E-state index >= 15 is 0 Å². The Morgan fingerprint density at radius 2 is 1.68 bits per heavy atom. The molecule has 0 atom stereocenters. The first-order chi connectivity index (χ1) is 17.8. The van der Waals surface area contributed by atoms with Gasteiger partial charge in [-0.1, -0.05) is 53.5 Å². The van der Waals surface area contributed by atoms with Crippen LogP contribution in [0.3, 0.4) is 0 Å². The molecule has 3 aromatic rings. The Hall–Kier alpha value is -3.46. The predicted molar refractivity (Wildman–Crippen MR) is 146 cm³/mol. The van der Waals surface area contributed by atoms with Gasteiger partial charge >= 0.3 is 0 Å². The molecule has 37 heavy (non-hydrogen) atoms. The molecule has 1 aliphatic rings. The number of carbonyl (C=O) groups excluding carboxylic acids is 3. The number of carbonyl (C=O) groups is 3. The molecule has 0 saturated carbocycles. The van der Waals surface area contributed by atoms with E-state index in [9.17, 15) is 14.4 Å². The van der Waals surface area contributed by atoms with Crippen molar-refractivity contribution in [3.8, 4) is 11.5 Å². The highest BCUT2D eigenvalue weighted by Gasteiger charge is 2.36. The second-order valence-corrected chi connectivity index (χ2v) is 9.67. The number of amides is 3. The second-order valence-electron chi connectivity index (χ2n) is 7.86. The number of benzene rings is 3. The first-order valence-corrected chi connectivity index (χ1v) is 12.8. The van der Waals surface area contributed by atoms with Gasteiger partial charge in [0, 0.05) is 5.69 Å². The lowest BCUT2D eigenvalue weighted by Gasteiger charge is -2.13. The molecule has 0 bridgehead atoms. The summed E-state index contributed by atoms with van der Waals surface area (Å²) in [6.45, 7) is 2.28. The average Bonchev–Trinajstić information content (AvgIpc) is 3.12. The number of rotatable bonds is 9. The van der Waals surface area contributed by atoms with Gasteiger partial charge in [0.25, 0.3) is 11.1 Å². The van der Waals surface area contributed by atoms with E-state index < -0.39 is 23.6 Å². The number of halogens is 2. The van der Waals surface area contributed by atoms with Gasteiger partial charge in [-0.2, -0.15) is 0 Å². The molecule has 0 spiro atoms. The number of hydrogen-bond donors (Lipinski definition) is 1. The van der Waals surface area contributed by atoms with Gasteiger partial charge in [0.1, 0.15) is 18.9 Å². The Morgan fingerprint density at radius 1 is 1.00 bits per heavy atom. The van der Waals surface area contributed by atoms with Gasteiger partial charge in [0.15, 0.2) is 5.75 Å². The van der Waals surface area contributed by atoms with E-state index in [0.717, 1.165) is 22.2 Å². The van der Waals surface area contributed by atoms with Gasteiger partial charge in [-0.05, 0) is 72.3 Å².